The van der Waals surface area contributed by atoms with Gasteiger partial charge in [0, 0.05) is 49.7 Å². The van der Waals surface area contributed by atoms with Gasteiger partial charge in [-0.1, -0.05) is 42.1 Å². The van der Waals surface area contributed by atoms with Gasteiger partial charge in [0.25, 0.3) is 0 Å². The number of benzene rings is 1. The van der Waals surface area contributed by atoms with Crippen LogP contribution < -0.4 is 4.90 Å². The first kappa shape index (κ1) is 28.4. The highest BCUT2D eigenvalue weighted by atomic mass is 35.5. The smallest absolute Gasteiger partial charge is 0.475 e. The third-order valence-corrected chi connectivity index (χ3v) is 7.02. The lowest BCUT2D eigenvalue weighted by Crippen LogP contribution is -2.54. The molecule has 1 aromatic carbocycles. The van der Waals surface area contributed by atoms with Crippen LogP contribution in [0.25, 0.3) is 22.4 Å². The molecule has 3 aromatic rings. The molecule has 0 spiro atoms. The Morgan fingerprint density at radius 3 is 2.36 bits per heavy atom. The van der Waals surface area contributed by atoms with Gasteiger partial charge in [0.1, 0.15) is 5.69 Å². The van der Waals surface area contributed by atoms with Crippen molar-refractivity contribution in [3.05, 3.63) is 35.4 Å². The number of aliphatic carboxylic acids is 1. The lowest BCUT2D eigenvalue weighted by atomic mass is 9.95. The molecule has 2 aromatic heterocycles. The molecular weight excluding hydrogens is 541 g/mol. The number of rotatable bonds is 3. The Morgan fingerprint density at radius 2 is 1.72 bits per heavy atom. The Bertz CT molecular complexity index is 1310. The molecule has 14 heteroatoms. The van der Waals surface area contributed by atoms with Gasteiger partial charge in [0.2, 0.25) is 5.82 Å². The van der Waals surface area contributed by atoms with E-state index in [0.717, 1.165) is 23.7 Å². The molecule has 1 saturated carbocycles. The molecule has 1 aliphatic carbocycles. The maximum Gasteiger partial charge on any atom is 0.490 e. The zero-order chi connectivity index (χ0) is 28.2. The third kappa shape index (κ3) is 7.08. The highest BCUT2D eigenvalue weighted by Gasteiger charge is 2.38. The molecule has 2 fully saturated rings. The molecule has 5 rings (SSSR count). The predicted octanol–water partition coefficient (Wildman–Crippen LogP) is 5.08. The van der Waals surface area contributed by atoms with Gasteiger partial charge in [0.05, 0.1) is 5.52 Å². The van der Waals surface area contributed by atoms with Crippen molar-refractivity contribution in [1.82, 2.24) is 24.9 Å². The van der Waals surface area contributed by atoms with Crippen molar-refractivity contribution >= 4 is 40.5 Å². The minimum Gasteiger partial charge on any atom is -0.475 e. The number of anilines is 1. The minimum atomic E-state index is -5.08. The van der Waals surface area contributed by atoms with Crippen molar-refractivity contribution in [3.63, 3.8) is 0 Å². The molecule has 0 bridgehead atoms. The van der Waals surface area contributed by atoms with Crippen LogP contribution in [0.3, 0.4) is 0 Å². The van der Waals surface area contributed by atoms with Gasteiger partial charge in [0.15, 0.2) is 0 Å². The molecule has 1 N–H and O–H groups in total. The van der Waals surface area contributed by atoms with Gasteiger partial charge in [-0.15, -0.1) is 0 Å². The van der Waals surface area contributed by atoms with Crippen LogP contribution in [0.5, 0.6) is 0 Å². The van der Waals surface area contributed by atoms with Crippen molar-refractivity contribution in [2.75, 3.05) is 38.1 Å². The molecule has 0 atom stereocenters. The van der Waals surface area contributed by atoms with Crippen LogP contribution in [-0.2, 0) is 4.79 Å². The summed E-state index contributed by atoms with van der Waals surface area (Å²) in [6.07, 6.45) is 0.864. The first-order valence-electron chi connectivity index (χ1n) is 12.5. The lowest BCUT2D eigenvalue weighted by Gasteiger charge is -2.39. The second-order valence-corrected chi connectivity index (χ2v) is 9.83. The van der Waals surface area contributed by atoms with E-state index in [1.165, 1.54) is 19.3 Å². The Kier molecular flexibility index (Phi) is 8.78. The Balaban J connectivity index is 0.000000448. The number of urea groups is 1. The highest BCUT2D eigenvalue weighted by molar-refractivity contribution is 6.31. The number of hydrogen-bond acceptors (Lipinski definition) is 7. The maximum atomic E-state index is 12.9. The molecule has 1 aliphatic heterocycles. The molecule has 210 valence electrons. The third-order valence-electron chi connectivity index (χ3n) is 6.78. The van der Waals surface area contributed by atoms with Crippen molar-refractivity contribution in [2.45, 2.75) is 44.3 Å². The average Bonchev–Trinajstić information content (AvgIpc) is 3.43. The Hall–Kier alpha value is -3.61. The van der Waals surface area contributed by atoms with E-state index in [9.17, 15) is 18.0 Å². The summed E-state index contributed by atoms with van der Waals surface area (Å²) in [6.45, 7) is 2.61. The van der Waals surface area contributed by atoms with Crippen LogP contribution >= 0.6 is 11.6 Å². The number of hydrogen-bond donors (Lipinski definition) is 1. The van der Waals surface area contributed by atoms with Gasteiger partial charge < -0.3 is 24.3 Å². The molecule has 2 amide bonds. The number of carbonyl (C=O) groups is 2. The first-order chi connectivity index (χ1) is 18.5. The number of carboxylic acid groups (broad SMARTS) is 1. The molecule has 2 aliphatic rings. The number of aromatic nitrogens is 3. The van der Waals surface area contributed by atoms with E-state index in [1.54, 1.807) is 0 Å². The number of amides is 2. The second kappa shape index (κ2) is 12.1. The number of alkyl halides is 3. The molecule has 1 saturated heterocycles. The number of fused-ring (bicyclic) bond motifs is 1. The molecule has 0 unspecified atom stereocenters. The topological polar surface area (TPSA) is 116 Å². The Labute approximate surface area is 227 Å². The van der Waals surface area contributed by atoms with Crippen molar-refractivity contribution in [1.29, 1.82) is 0 Å². The maximum absolute atomic E-state index is 12.9. The zero-order valence-corrected chi connectivity index (χ0v) is 22.0. The van der Waals surface area contributed by atoms with E-state index < -0.39 is 12.1 Å². The fourth-order valence-corrected chi connectivity index (χ4v) is 4.79. The van der Waals surface area contributed by atoms with Crippen LogP contribution in [0.2, 0.25) is 5.02 Å². The number of halogens is 4. The largest absolute Gasteiger partial charge is 0.490 e. The summed E-state index contributed by atoms with van der Waals surface area (Å²) in [7, 11) is 1.94. The summed E-state index contributed by atoms with van der Waals surface area (Å²) >= 11 is 6.05. The normalized spacial score (nSPS) is 16.5. The monoisotopic (exact) mass is 568 g/mol. The van der Waals surface area contributed by atoms with Crippen molar-refractivity contribution in [2.24, 2.45) is 0 Å². The summed E-state index contributed by atoms with van der Waals surface area (Å²) in [5.74, 6) is -2.31. The van der Waals surface area contributed by atoms with E-state index in [1.807, 2.05) is 52.1 Å². The standard InChI is InChI=1S/C23H27ClN6O2.C2HF3O2/c1-28(18-5-3-2-4-6-18)23(31)30-13-11-29(12-14-30)22-26-21(27-32-22)20-9-7-16-15-17(24)8-10-19(16)25-20;3-2(4,5)1(6)7/h7-10,15,18H,2-6,11-14H2,1H3;(H,6,7). The zero-order valence-electron chi connectivity index (χ0n) is 21.2. The fraction of sp³-hybridized carbons (Fsp3) is 0.480. The summed E-state index contributed by atoms with van der Waals surface area (Å²) < 4.78 is 37.3. The number of nitrogens with zero attached hydrogens (tertiary/aromatic N) is 6. The second-order valence-electron chi connectivity index (χ2n) is 9.40. The van der Waals surface area contributed by atoms with E-state index in [-0.39, 0.29) is 6.03 Å². The lowest BCUT2D eigenvalue weighted by molar-refractivity contribution is -0.192. The van der Waals surface area contributed by atoms with Crippen LogP contribution in [0.1, 0.15) is 32.1 Å². The number of pyridine rings is 1. The van der Waals surface area contributed by atoms with Crippen LogP contribution in [0, 0.1) is 0 Å². The van der Waals surface area contributed by atoms with Crippen molar-refractivity contribution < 1.29 is 32.4 Å². The fourth-order valence-electron chi connectivity index (χ4n) is 4.61. The van der Waals surface area contributed by atoms with Crippen molar-refractivity contribution in [3.8, 4) is 11.5 Å². The quantitative estimate of drug-likeness (QED) is 0.465. The van der Waals surface area contributed by atoms with Crippen LogP contribution in [0.15, 0.2) is 34.9 Å². The molecule has 39 heavy (non-hydrogen) atoms. The van der Waals surface area contributed by atoms with E-state index in [4.69, 9.17) is 26.0 Å². The van der Waals surface area contributed by atoms with E-state index in [2.05, 4.69) is 15.1 Å². The first-order valence-corrected chi connectivity index (χ1v) is 12.9. The Morgan fingerprint density at radius 1 is 1.05 bits per heavy atom. The van der Waals surface area contributed by atoms with E-state index in [0.29, 0.717) is 54.8 Å². The summed E-state index contributed by atoms with van der Waals surface area (Å²) in [5.41, 5.74) is 1.48. The van der Waals surface area contributed by atoms with Gasteiger partial charge in [-0.2, -0.15) is 18.2 Å². The average molecular weight is 569 g/mol. The van der Waals surface area contributed by atoms with E-state index >= 15 is 0 Å². The SMILES string of the molecule is CN(C(=O)N1CCN(c2nc(-c3ccc4cc(Cl)ccc4n3)no2)CC1)C1CCCCC1.O=C(O)C(F)(F)F. The molecule has 10 nitrogen and oxygen atoms in total. The number of carbonyl (C=O) groups excluding carboxylic acids is 1. The van der Waals surface area contributed by atoms with Crippen LogP contribution in [0.4, 0.5) is 24.0 Å². The van der Waals surface area contributed by atoms with Crippen LogP contribution in [-0.4, -0.2) is 87.5 Å². The predicted molar refractivity (Wildman–Crippen MR) is 138 cm³/mol. The van der Waals surface area contributed by atoms with Gasteiger partial charge in [-0.25, -0.2) is 14.6 Å². The van der Waals surface area contributed by atoms with Gasteiger partial charge in [-0.05, 0) is 37.1 Å². The highest BCUT2D eigenvalue weighted by Crippen LogP contribution is 2.25. The summed E-state index contributed by atoms with van der Waals surface area (Å²) in [5, 5.41) is 12.9. The molecule has 3 heterocycles. The number of piperazine rings is 1. The number of carboxylic acids is 1. The summed E-state index contributed by atoms with van der Waals surface area (Å²) in [4.78, 5) is 36.9. The molecule has 0 radical (unpaired) electrons. The van der Waals surface area contributed by atoms with Gasteiger partial charge in [-0.3, -0.25) is 0 Å². The summed E-state index contributed by atoms with van der Waals surface area (Å²) in [6, 6.07) is 10.4. The molecular formula is C25H28ClF3N6O4. The minimum absolute atomic E-state index is 0.128. The van der Waals surface area contributed by atoms with Gasteiger partial charge >= 0.3 is 24.2 Å².